The van der Waals surface area contributed by atoms with Crippen LogP contribution in [0.4, 0.5) is 5.69 Å². The van der Waals surface area contributed by atoms with Crippen LogP contribution >= 0.6 is 11.3 Å². The zero-order valence-electron chi connectivity index (χ0n) is 22.2. The summed E-state index contributed by atoms with van der Waals surface area (Å²) in [5.74, 6) is -0.195. The molecule has 0 unspecified atom stereocenters. The van der Waals surface area contributed by atoms with Gasteiger partial charge in [-0.25, -0.2) is 4.98 Å². The largest absolute Gasteiger partial charge is 0.351 e. The fourth-order valence-electron chi connectivity index (χ4n) is 4.46. The molecule has 7 nitrogen and oxygen atoms in total. The van der Waals surface area contributed by atoms with E-state index in [0.717, 1.165) is 39.9 Å². The van der Waals surface area contributed by atoms with Gasteiger partial charge < -0.3 is 14.8 Å². The smallest absolute Gasteiger partial charge is 0.261 e. The van der Waals surface area contributed by atoms with Gasteiger partial charge in [0.1, 0.15) is 0 Å². The maximum Gasteiger partial charge on any atom is 0.261 e. The summed E-state index contributed by atoms with van der Waals surface area (Å²) in [5, 5.41) is 13.0. The molecule has 3 aromatic carbocycles. The third kappa shape index (κ3) is 6.11. The van der Waals surface area contributed by atoms with Gasteiger partial charge in [-0.3, -0.25) is 9.59 Å². The van der Waals surface area contributed by atoms with Crippen LogP contribution in [0.3, 0.4) is 0 Å². The highest BCUT2D eigenvalue weighted by Gasteiger charge is 2.21. The van der Waals surface area contributed by atoms with Crippen molar-refractivity contribution in [2.24, 2.45) is 0 Å². The van der Waals surface area contributed by atoms with Gasteiger partial charge in [-0.2, -0.15) is 5.26 Å². The lowest BCUT2D eigenvalue weighted by Crippen LogP contribution is -2.31. The number of nitrogens with zero attached hydrogens (tertiary/aromatic N) is 4. The van der Waals surface area contributed by atoms with Crippen molar-refractivity contribution in [3.8, 4) is 6.07 Å². The van der Waals surface area contributed by atoms with Gasteiger partial charge in [0.05, 0.1) is 35.1 Å². The quantitative estimate of drug-likeness (QED) is 0.205. The Morgan fingerprint density at radius 2 is 1.85 bits per heavy atom. The highest BCUT2D eigenvalue weighted by atomic mass is 32.1. The van der Waals surface area contributed by atoms with Crippen molar-refractivity contribution in [2.75, 3.05) is 11.4 Å². The van der Waals surface area contributed by atoms with Crippen LogP contribution in [-0.4, -0.2) is 27.9 Å². The molecular weight excluding hydrogens is 518 g/mol. The number of fused-ring (bicyclic) bond motifs is 1. The summed E-state index contributed by atoms with van der Waals surface area (Å²) >= 11 is 1.45. The number of amides is 2. The van der Waals surface area contributed by atoms with Crippen molar-refractivity contribution >= 4 is 38.9 Å². The summed E-state index contributed by atoms with van der Waals surface area (Å²) in [7, 11) is 0. The lowest BCUT2D eigenvalue weighted by atomic mass is 10.1. The first-order valence-electron chi connectivity index (χ1n) is 13.2. The van der Waals surface area contributed by atoms with Gasteiger partial charge >= 0.3 is 0 Å². The number of nitrogens with one attached hydrogen (secondary N) is 1. The highest BCUT2D eigenvalue weighted by Crippen LogP contribution is 2.31. The van der Waals surface area contributed by atoms with E-state index >= 15 is 0 Å². The molecule has 8 heteroatoms. The minimum atomic E-state index is -0.126. The number of benzene rings is 3. The SMILES string of the molecule is CCCCNC(=O)c1cc2cc(N(Cc3cncn3Cc3ccc(C#N)cc3)C(=O)c3ccccc3)ccc2s1. The molecule has 5 aromatic rings. The van der Waals surface area contributed by atoms with Crippen LogP contribution in [0.15, 0.2) is 91.4 Å². The molecule has 40 heavy (non-hydrogen) atoms. The normalized spacial score (nSPS) is 10.8. The molecule has 5 rings (SSSR count). The van der Waals surface area contributed by atoms with Crippen molar-refractivity contribution in [1.29, 1.82) is 5.26 Å². The van der Waals surface area contributed by atoms with Crippen molar-refractivity contribution in [3.63, 3.8) is 0 Å². The maximum atomic E-state index is 13.8. The highest BCUT2D eigenvalue weighted by molar-refractivity contribution is 7.20. The van der Waals surface area contributed by atoms with Gasteiger partial charge in [0.25, 0.3) is 11.8 Å². The predicted octanol–water partition coefficient (Wildman–Crippen LogP) is 6.39. The summed E-state index contributed by atoms with van der Waals surface area (Å²) in [6.07, 6.45) is 5.49. The van der Waals surface area contributed by atoms with Crippen molar-refractivity contribution in [1.82, 2.24) is 14.9 Å². The van der Waals surface area contributed by atoms with E-state index in [-0.39, 0.29) is 11.8 Å². The minimum absolute atomic E-state index is 0.0693. The maximum absolute atomic E-state index is 13.8. The van der Waals surface area contributed by atoms with E-state index in [0.29, 0.717) is 35.6 Å². The van der Waals surface area contributed by atoms with Crippen LogP contribution in [0, 0.1) is 11.3 Å². The molecule has 1 N–H and O–H groups in total. The van der Waals surface area contributed by atoms with Gasteiger partial charge in [0.2, 0.25) is 0 Å². The lowest BCUT2D eigenvalue weighted by molar-refractivity contribution is 0.0955. The number of imidazole rings is 1. The van der Waals surface area contributed by atoms with Crippen LogP contribution in [0.2, 0.25) is 0 Å². The van der Waals surface area contributed by atoms with Crippen LogP contribution in [0.5, 0.6) is 0 Å². The number of thiophene rings is 1. The fourth-order valence-corrected chi connectivity index (χ4v) is 5.42. The Hall–Kier alpha value is -4.74. The van der Waals surface area contributed by atoms with Crippen LogP contribution in [0.1, 0.15) is 56.6 Å². The number of anilines is 1. The molecule has 0 radical (unpaired) electrons. The molecule has 0 aliphatic heterocycles. The second-order valence-corrected chi connectivity index (χ2v) is 10.6. The molecule has 2 heterocycles. The summed E-state index contributed by atoms with van der Waals surface area (Å²) in [5.41, 5.74) is 3.84. The summed E-state index contributed by atoms with van der Waals surface area (Å²) in [6, 6.07) is 26.6. The van der Waals surface area contributed by atoms with E-state index in [9.17, 15) is 9.59 Å². The van der Waals surface area contributed by atoms with Gasteiger partial charge in [-0.1, -0.05) is 43.7 Å². The minimum Gasteiger partial charge on any atom is -0.351 e. The number of carbonyl (C=O) groups is 2. The predicted molar refractivity (Wildman–Crippen MR) is 159 cm³/mol. The number of hydrogen-bond acceptors (Lipinski definition) is 5. The molecule has 200 valence electrons. The molecule has 0 aliphatic rings. The van der Waals surface area contributed by atoms with E-state index in [1.165, 1.54) is 11.3 Å². The van der Waals surface area contributed by atoms with Crippen LogP contribution in [0.25, 0.3) is 10.1 Å². The zero-order chi connectivity index (χ0) is 27.9. The van der Waals surface area contributed by atoms with Crippen molar-refractivity contribution in [3.05, 3.63) is 119 Å². The average Bonchev–Trinajstić information content (AvgIpc) is 3.62. The molecule has 0 saturated heterocycles. The van der Waals surface area contributed by atoms with E-state index < -0.39 is 0 Å². The lowest BCUT2D eigenvalue weighted by Gasteiger charge is -2.24. The van der Waals surface area contributed by atoms with E-state index in [1.807, 2.05) is 71.3 Å². The van der Waals surface area contributed by atoms with Gasteiger partial charge in [0.15, 0.2) is 0 Å². The number of hydrogen-bond donors (Lipinski definition) is 1. The number of rotatable bonds is 10. The zero-order valence-corrected chi connectivity index (χ0v) is 23.0. The third-order valence-corrected chi connectivity index (χ3v) is 7.79. The number of aromatic nitrogens is 2. The summed E-state index contributed by atoms with van der Waals surface area (Å²) in [6.45, 7) is 3.62. The number of carbonyl (C=O) groups excluding carboxylic acids is 2. The van der Waals surface area contributed by atoms with Crippen LogP contribution in [-0.2, 0) is 13.1 Å². The van der Waals surface area contributed by atoms with Gasteiger partial charge in [-0.15, -0.1) is 11.3 Å². The first-order chi connectivity index (χ1) is 19.6. The Labute approximate surface area is 237 Å². The Kier molecular flexibility index (Phi) is 8.33. The standard InChI is InChI=1S/C32H29N5O2S/c1-2-3-15-35-31(38)30-17-26-16-27(13-14-29(26)40-30)37(32(39)25-7-5-4-6-8-25)21-28-19-34-22-36(28)20-24-11-9-23(18-33)10-12-24/h4-14,16-17,19,22H,2-3,15,20-21H2,1H3,(H,35,38). The number of nitriles is 1. The molecular formula is C32H29N5O2S. The van der Waals surface area contributed by atoms with E-state index in [1.54, 1.807) is 29.6 Å². The molecule has 0 fully saturated rings. The first-order valence-corrected chi connectivity index (χ1v) is 14.0. The van der Waals surface area contributed by atoms with Crippen molar-refractivity contribution < 1.29 is 9.59 Å². The molecule has 2 amide bonds. The second-order valence-electron chi connectivity index (χ2n) is 9.52. The Morgan fingerprint density at radius 1 is 1.05 bits per heavy atom. The average molecular weight is 548 g/mol. The van der Waals surface area contributed by atoms with E-state index in [2.05, 4.69) is 23.3 Å². The van der Waals surface area contributed by atoms with Crippen LogP contribution < -0.4 is 10.2 Å². The Balaban J connectivity index is 1.45. The van der Waals surface area contributed by atoms with Crippen molar-refractivity contribution in [2.45, 2.75) is 32.9 Å². The van der Waals surface area contributed by atoms with E-state index in [4.69, 9.17) is 5.26 Å². The molecule has 0 atom stereocenters. The topological polar surface area (TPSA) is 91.0 Å². The fraction of sp³-hybridized carbons (Fsp3) is 0.188. The molecule has 2 aromatic heterocycles. The summed E-state index contributed by atoms with van der Waals surface area (Å²) in [4.78, 5) is 33.2. The second kappa shape index (κ2) is 12.4. The molecule has 0 saturated carbocycles. The monoisotopic (exact) mass is 547 g/mol. The molecule has 0 aliphatic carbocycles. The summed E-state index contributed by atoms with van der Waals surface area (Å²) < 4.78 is 3.00. The Bertz CT molecular complexity index is 1670. The molecule has 0 spiro atoms. The first kappa shape index (κ1) is 26.9. The third-order valence-electron chi connectivity index (χ3n) is 6.67. The van der Waals surface area contributed by atoms with Gasteiger partial charge in [-0.05, 0) is 65.9 Å². The Morgan fingerprint density at radius 3 is 2.60 bits per heavy atom. The number of unbranched alkanes of at least 4 members (excludes halogenated alkanes) is 1. The van der Waals surface area contributed by atoms with Gasteiger partial charge in [0, 0.05) is 35.2 Å². The molecule has 0 bridgehead atoms.